The molecule has 0 amide bonds. The molecule has 0 radical (unpaired) electrons. The molecule has 1 fully saturated rings. The SMILES string of the molecule is CCCCC(C)CC(C)COC(=O)C1CCC(C(=O)OCC(C)CC(C)CCCC)CC1. The van der Waals surface area contributed by atoms with Crippen molar-refractivity contribution in [3.63, 3.8) is 0 Å². The Bertz CT molecular complexity index is 464. The Balaban J connectivity index is 2.23. The van der Waals surface area contributed by atoms with Gasteiger partial charge in [0.1, 0.15) is 0 Å². The smallest absolute Gasteiger partial charge is 0.308 e. The minimum Gasteiger partial charge on any atom is -0.465 e. The molecule has 1 aliphatic rings. The van der Waals surface area contributed by atoms with Crippen LogP contribution < -0.4 is 0 Å². The number of unbranched alkanes of at least 4 members (excludes halogenated alkanes) is 2. The van der Waals surface area contributed by atoms with E-state index >= 15 is 0 Å². The van der Waals surface area contributed by atoms with Crippen molar-refractivity contribution in [2.45, 2.75) is 119 Å². The maximum Gasteiger partial charge on any atom is 0.308 e. The van der Waals surface area contributed by atoms with Crippen LogP contribution in [-0.4, -0.2) is 25.2 Å². The summed E-state index contributed by atoms with van der Waals surface area (Å²) in [7, 11) is 0. The molecule has 4 atom stereocenters. The van der Waals surface area contributed by atoms with Gasteiger partial charge in [-0.05, 0) is 62.2 Å². The molecule has 0 bridgehead atoms. The lowest BCUT2D eigenvalue weighted by atomic mass is 9.82. The normalized spacial score (nSPS) is 22.6. The molecule has 0 saturated heterocycles. The summed E-state index contributed by atoms with van der Waals surface area (Å²) in [6.07, 6.45) is 12.7. The van der Waals surface area contributed by atoms with E-state index in [4.69, 9.17) is 9.47 Å². The third-order valence-corrected chi connectivity index (χ3v) is 7.12. The summed E-state index contributed by atoms with van der Waals surface area (Å²) in [5.74, 6) is 1.94. The van der Waals surface area contributed by atoms with Gasteiger partial charge in [0.25, 0.3) is 0 Å². The zero-order chi connectivity index (χ0) is 23.9. The van der Waals surface area contributed by atoms with E-state index in [9.17, 15) is 9.59 Å². The van der Waals surface area contributed by atoms with E-state index in [0.29, 0.717) is 36.9 Å². The number of hydrogen-bond donors (Lipinski definition) is 0. The van der Waals surface area contributed by atoms with Gasteiger partial charge < -0.3 is 9.47 Å². The standard InChI is InChI=1S/C28H52O4/c1-7-9-11-21(3)17-23(5)19-31-27(29)25-13-15-26(16-14-25)28(30)32-20-24(6)18-22(4)12-10-8-2/h21-26H,7-20H2,1-6H3. The Morgan fingerprint density at radius 1 is 0.656 bits per heavy atom. The molecule has 0 aromatic heterocycles. The third-order valence-electron chi connectivity index (χ3n) is 7.12. The average Bonchev–Trinajstić information content (AvgIpc) is 2.78. The number of esters is 2. The first-order valence-electron chi connectivity index (χ1n) is 13.6. The van der Waals surface area contributed by atoms with Crippen molar-refractivity contribution in [3.8, 4) is 0 Å². The molecule has 1 saturated carbocycles. The molecule has 0 aromatic rings. The van der Waals surface area contributed by atoms with E-state index in [0.717, 1.165) is 38.5 Å². The summed E-state index contributed by atoms with van der Waals surface area (Å²) in [6, 6.07) is 0. The Morgan fingerprint density at radius 2 is 1.00 bits per heavy atom. The van der Waals surface area contributed by atoms with Crippen LogP contribution in [0.2, 0.25) is 0 Å². The summed E-state index contributed by atoms with van der Waals surface area (Å²) in [6.45, 7) is 14.4. The Kier molecular flexibility index (Phi) is 15.0. The molecule has 0 spiro atoms. The summed E-state index contributed by atoms with van der Waals surface area (Å²) < 4.78 is 11.3. The fourth-order valence-electron chi connectivity index (χ4n) is 5.10. The zero-order valence-corrected chi connectivity index (χ0v) is 22.0. The monoisotopic (exact) mass is 452 g/mol. The van der Waals surface area contributed by atoms with Crippen LogP contribution in [0, 0.1) is 35.5 Å². The maximum atomic E-state index is 12.5. The Hall–Kier alpha value is -1.06. The molecule has 1 rings (SSSR count). The maximum absolute atomic E-state index is 12.5. The summed E-state index contributed by atoms with van der Waals surface area (Å²) >= 11 is 0. The van der Waals surface area contributed by atoms with Crippen LogP contribution in [0.4, 0.5) is 0 Å². The highest BCUT2D eigenvalue weighted by molar-refractivity contribution is 5.75. The van der Waals surface area contributed by atoms with Crippen molar-refractivity contribution >= 4 is 11.9 Å². The van der Waals surface area contributed by atoms with Gasteiger partial charge in [-0.3, -0.25) is 9.59 Å². The van der Waals surface area contributed by atoms with Crippen LogP contribution in [-0.2, 0) is 19.1 Å². The van der Waals surface area contributed by atoms with Gasteiger partial charge in [0.05, 0.1) is 25.0 Å². The molecule has 188 valence electrons. The van der Waals surface area contributed by atoms with Crippen LogP contribution in [0.15, 0.2) is 0 Å². The Labute approximate surface area is 198 Å². The highest BCUT2D eigenvalue weighted by atomic mass is 16.5. The molecule has 4 unspecified atom stereocenters. The molecule has 0 aromatic carbocycles. The van der Waals surface area contributed by atoms with Crippen molar-refractivity contribution < 1.29 is 19.1 Å². The van der Waals surface area contributed by atoms with Crippen molar-refractivity contribution in [1.29, 1.82) is 0 Å². The topological polar surface area (TPSA) is 52.6 Å². The lowest BCUT2D eigenvalue weighted by Crippen LogP contribution is -2.29. The summed E-state index contributed by atoms with van der Waals surface area (Å²) in [5.41, 5.74) is 0. The van der Waals surface area contributed by atoms with Gasteiger partial charge in [0.15, 0.2) is 0 Å². The van der Waals surface area contributed by atoms with E-state index in [2.05, 4.69) is 41.5 Å². The van der Waals surface area contributed by atoms with E-state index in [-0.39, 0.29) is 23.8 Å². The summed E-state index contributed by atoms with van der Waals surface area (Å²) in [4.78, 5) is 25.0. The van der Waals surface area contributed by atoms with E-state index in [1.54, 1.807) is 0 Å². The first kappa shape index (κ1) is 29.0. The molecule has 4 heteroatoms. The first-order chi connectivity index (χ1) is 15.3. The highest BCUT2D eigenvalue weighted by Crippen LogP contribution is 2.31. The number of carbonyl (C=O) groups is 2. The predicted molar refractivity (Wildman–Crippen MR) is 132 cm³/mol. The fraction of sp³-hybridized carbons (Fsp3) is 0.929. The lowest BCUT2D eigenvalue weighted by Gasteiger charge is -2.27. The van der Waals surface area contributed by atoms with Crippen molar-refractivity contribution in [2.24, 2.45) is 35.5 Å². The van der Waals surface area contributed by atoms with Gasteiger partial charge >= 0.3 is 11.9 Å². The number of rotatable bonds is 16. The van der Waals surface area contributed by atoms with Gasteiger partial charge in [-0.25, -0.2) is 0 Å². The quantitative estimate of drug-likeness (QED) is 0.226. The first-order valence-corrected chi connectivity index (χ1v) is 13.6. The fourth-order valence-corrected chi connectivity index (χ4v) is 5.10. The molecule has 0 N–H and O–H groups in total. The van der Waals surface area contributed by atoms with Gasteiger partial charge in [0, 0.05) is 0 Å². The van der Waals surface area contributed by atoms with Crippen LogP contribution in [0.5, 0.6) is 0 Å². The van der Waals surface area contributed by atoms with E-state index < -0.39 is 0 Å². The minimum atomic E-state index is -0.0698. The van der Waals surface area contributed by atoms with Gasteiger partial charge in [-0.1, -0.05) is 80.1 Å². The van der Waals surface area contributed by atoms with Crippen LogP contribution in [0.3, 0.4) is 0 Å². The zero-order valence-electron chi connectivity index (χ0n) is 22.0. The predicted octanol–water partition coefficient (Wildman–Crippen LogP) is 7.58. The second-order valence-electron chi connectivity index (χ2n) is 11.0. The average molecular weight is 453 g/mol. The largest absolute Gasteiger partial charge is 0.465 e. The number of ether oxygens (including phenoxy) is 2. The van der Waals surface area contributed by atoms with E-state index in [1.807, 2.05) is 0 Å². The number of hydrogen-bond acceptors (Lipinski definition) is 4. The minimum absolute atomic E-state index is 0.0536. The second kappa shape index (κ2) is 16.5. The molecule has 0 aliphatic heterocycles. The molecular formula is C28H52O4. The number of carbonyl (C=O) groups excluding carboxylic acids is 2. The molecule has 4 nitrogen and oxygen atoms in total. The molecule has 1 aliphatic carbocycles. The van der Waals surface area contributed by atoms with Gasteiger partial charge in [0.2, 0.25) is 0 Å². The lowest BCUT2D eigenvalue weighted by molar-refractivity contribution is -0.156. The van der Waals surface area contributed by atoms with Gasteiger partial charge in [-0.15, -0.1) is 0 Å². The van der Waals surface area contributed by atoms with Crippen molar-refractivity contribution in [1.82, 2.24) is 0 Å². The molecule has 0 heterocycles. The van der Waals surface area contributed by atoms with Crippen molar-refractivity contribution in [3.05, 3.63) is 0 Å². The van der Waals surface area contributed by atoms with Crippen LogP contribution in [0.25, 0.3) is 0 Å². The third kappa shape index (κ3) is 12.3. The molecule has 32 heavy (non-hydrogen) atoms. The van der Waals surface area contributed by atoms with Crippen LogP contribution >= 0.6 is 0 Å². The Morgan fingerprint density at radius 3 is 1.31 bits per heavy atom. The second-order valence-corrected chi connectivity index (χ2v) is 11.0. The summed E-state index contributed by atoms with van der Waals surface area (Å²) in [5, 5.41) is 0. The van der Waals surface area contributed by atoms with E-state index in [1.165, 1.54) is 38.5 Å². The highest BCUT2D eigenvalue weighted by Gasteiger charge is 2.32. The molecular weight excluding hydrogens is 400 g/mol. The van der Waals surface area contributed by atoms with Gasteiger partial charge in [-0.2, -0.15) is 0 Å². The van der Waals surface area contributed by atoms with Crippen LogP contribution in [0.1, 0.15) is 119 Å². The van der Waals surface area contributed by atoms with Crippen molar-refractivity contribution in [2.75, 3.05) is 13.2 Å².